The monoisotopic (exact) mass is 148 g/mol. The van der Waals surface area contributed by atoms with Gasteiger partial charge in [0.2, 0.25) is 0 Å². The van der Waals surface area contributed by atoms with E-state index in [1.165, 1.54) is 5.56 Å². The number of hydrogen-bond acceptors (Lipinski definition) is 1. The Hall–Kier alpha value is -1.35. The summed E-state index contributed by atoms with van der Waals surface area (Å²) in [5, 5.41) is 7.99. The molecule has 0 unspecified atom stereocenters. The highest BCUT2D eigenvalue weighted by Gasteiger charge is 1.96. The number of quaternary nitrogens is 1. The lowest BCUT2D eigenvalue weighted by Crippen LogP contribution is -2.47. The van der Waals surface area contributed by atoms with E-state index in [9.17, 15) is 0 Å². The highest BCUT2D eigenvalue weighted by Crippen LogP contribution is 2.11. The molecule has 0 aliphatic heterocycles. The molecule has 2 aromatic rings. The van der Waals surface area contributed by atoms with Gasteiger partial charge in [-0.25, -0.2) is 0 Å². The molecule has 0 amide bonds. The number of benzene rings is 1. The van der Waals surface area contributed by atoms with E-state index in [2.05, 4.69) is 28.1 Å². The average Bonchev–Trinajstić information content (AvgIpc) is 2.50. The van der Waals surface area contributed by atoms with Gasteiger partial charge in [-0.3, -0.25) is 5.10 Å². The molecule has 3 nitrogen and oxygen atoms in total. The van der Waals surface area contributed by atoms with Crippen molar-refractivity contribution in [2.45, 2.75) is 6.54 Å². The molecule has 4 N–H and O–H groups in total. The molecule has 2 rings (SSSR count). The molecular formula is C8H10N3+. The van der Waals surface area contributed by atoms with E-state index < -0.39 is 0 Å². The van der Waals surface area contributed by atoms with Gasteiger partial charge in [-0.15, -0.1) is 0 Å². The first-order valence-corrected chi connectivity index (χ1v) is 3.61. The molecule has 11 heavy (non-hydrogen) atoms. The standard InChI is InChI=1S/C8H9N3/c9-4-6-1-2-8-7(3-6)5-10-11-8/h1-3,5H,4,9H2,(H,10,11)/p+1. The normalized spacial score (nSPS) is 10.6. The van der Waals surface area contributed by atoms with Crippen LogP contribution < -0.4 is 5.73 Å². The summed E-state index contributed by atoms with van der Waals surface area (Å²) in [5.74, 6) is 0. The van der Waals surface area contributed by atoms with Crippen LogP contribution in [0.2, 0.25) is 0 Å². The van der Waals surface area contributed by atoms with Crippen molar-refractivity contribution in [1.29, 1.82) is 0 Å². The zero-order valence-electron chi connectivity index (χ0n) is 6.17. The quantitative estimate of drug-likeness (QED) is 0.600. The molecule has 1 heterocycles. The smallest absolute Gasteiger partial charge is 0.0997 e. The van der Waals surface area contributed by atoms with Crippen LogP contribution in [0, 0.1) is 0 Å². The summed E-state index contributed by atoms with van der Waals surface area (Å²) in [5.41, 5.74) is 6.15. The third-order valence-corrected chi connectivity index (χ3v) is 1.79. The third kappa shape index (κ3) is 0.991. The van der Waals surface area contributed by atoms with Crippen LogP contribution in [0.25, 0.3) is 10.9 Å². The first kappa shape index (κ1) is 6.37. The molecule has 0 bridgehead atoms. The third-order valence-electron chi connectivity index (χ3n) is 1.79. The van der Waals surface area contributed by atoms with Crippen molar-refractivity contribution in [3.8, 4) is 0 Å². The van der Waals surface area contributed by atoms with E-state index in [0.29, 0.717) is 0 Å². The Labute approximate surface area is 64.2 Å². The summed E-state index contributed by atoms with van der Waals surface area (Å²) >= 11 is 0. The van der Waals surface area contributed by atoms with Gasteiger partial charge in [0.1, 0.15) is 0 Å². The average molecular weight is 148 g/mol. The minimum atomic E-state index is 0.834. The molecule has 3 heteroatoms. The van der Waals surface area contributed by atoms with Gasteiger partial charge in [0.05, 0.1) is 18.3 Å². The Bertz CT molecular complexity index is 364. The summed E-state index contributed by atoms with van der Waals surface area (Å²) in [4.78, 5) is 0. The fourth-order valence-electron chi connectivity index (χ4n) is 1.15. The molecular weight excluding hydrogens is 138 g/mol. The number of hydrogen-bond donors (Lipinski definition) is 2. The first-order valence-electron chi connectivity index (χ1n) is 3.61. The lowest BCUT2D eigenvalue weighted by Gasteiger charge is -1.92. The number of aromatic amines is 1. The fourth-order valence-corrected chi connectivity index (χ4v) is 1.15. The number of nitrogens with zero attached hydrogens (tertiary/aromatic N) is 1. The zero-order chi connectivity index (χ0) is 7.68. The van der Waals surface area contributed by atoms with Gasteiger partial charge in [0.25, 0.3) is 0 Å². The Morgan fingerprint density at radius 1 is 1.45 bits per heavy atom. The van der Waals surface area contributed by atoms with Crippen molar-refractivity contribution in [3.05, 3.63) is 30.0 Å². The van der Waals surface area contributed by atoms with Gasteiger partial charge < -0.3 is 5.73 Å². The first-order chi connectivity index (χ1) is 5.40. The van der Waals surface area contributed by atoms with Crippen LogP contribution in [0.15, 0.2) is 24.4 Å². The summed E-state index contributed by atoms with van der Waals surface area (Å²) in [7, 11) is 0. The van der Waals surface area contributed by atoms with Crippen LogP contribution in [0.4, 0.5) is 0 Å². The lowest BCUT2D eigenvalue weighted by molar-refractivity contribution is -0.386. The predicted molar refractivity (Wildman–Crippen MR) is 42.7 cm³/mol. The Morgan fingerprint density at radius 2 is 2.36 bits per heavy atom. The van der Waals surface area contributed by atoms with Crippen LogP contribution in [-0.2, 0) is 6.54 Å². The van der Waals surface area contributed by atoms with Gasteiger partial charge in [0, 0.05) is 10.9 Å². The molecule has 0 radical (unpaired) electrons. The van der Waals surface area contributed by atoms with Gasteiger partial charge >= 0.3 is 0 Å². The number of H-pyrrole nitrogens is 1. The molecule has 0 saturated heterocycles. The Balaban J connectivity index is 2.67. The number of aromatic nitrogens is 2. The van der Waals surface area contributed by atoms with E-state index >= 15 is 0 Å². The molecule has 0 spiro atoms. The minimum Gasteiger partial charge on any atom is -0.354 e. The van der Waals surface area contributed by atoms with Gasteiger partial charge in [-0.1, -0.05) is 6.07 Å². The van der Waals surface area contributed by atoms with E-state index in [-0.39, 0.29) is 0 Å². The molecule has 0 aliphatic carbocycles. The molecule has 0 aliphatic rings. The van der Waals surface area contributed by atoms with Crippen LogP contribution in [-0.4, -0.2) is 10.2 Å². The second kappa shape index (κ2) is 2.36. The molecule has 0 saturated carbocycles. The lowest BCUT2D eigenvalue weighted by atomic mass is 10.2. The SMILES string of the molecule is [NH3+]Cc1ccc2[nH]ncc2c1. The highest BCUT2D eigenvalue weighted by molar-refractivity contribution is 5.78. The van der Waals surface area contributed by atoms with Crippen molar-refractivity contribution in [2.24, 2.45) is 0 Å². The van der Waals surface area contributed by atoms with Crippen LogP contribution in [0.1, 0.15) is 5.56 Å². The largest absolute Gasteiger partial charge is 0.354 e. The maximum absolute atomic E-state index is 3.93. The second-order valence-corrected chi connectivity index (χ2v) is 2.54. The van der Waals surface area contributed by atoms with Gasteiger partial charge in [-0.2, -0.15) is 5.10 Å². The van der Waals surface area contributed by atoms with E-state index in [1.807, 2.05) is 12.3 Å². The maximum atomic E-state index is 3.93. The topological polar surface area (TPSA) is 56.3 Å². The van der Waals surface area contributed by atoms with E-state index in [0.717, 1.165) is 17.4 Å². The molecule has 0 fully saturated rings. The minimum absolute atomic E-state index is 0.834. The molecule has 56 valence electrons. The second-order valence-electron chi connectivity index (χ2n) is 2.54. The number of rotatable bonds is 1. The van der Waals surface area contributed by atoms with Crippen LogP contribution in [0.3, 0.4) is 0 Å². The molecule has 1 aromatic carbocycles. The number of nitrogens with one attached hydrogen (secondary N) is 1. The van der Waals surface area contributed by atoms with Gasteiger partial charge in [-0.05, 0) is 12.1 Å². The summed E-state index contributed by atoms with van der Waals surface area (Å²) < 4.78 is 0. The Morgan fingerprint density at radius 3 is 3.18 bits per heavy atom. The number of fused-ring (bicyclic) bond motifs is 1. The van der Waals surface area contributed by atoms with Crippen molar-refractivity contribution >= 4 is 10.9 Å². The van der Waals surface area contributed by atoms with Crippen molar-refractivity contribution < 1.29 is 5.73 Å². The predicted octanol–water partition coefficient (Wildman–Crippen LogP) is 0.305. The van der Waals surface area contributed by atoms with E-state index in [1.54, 1.807) is 0 Å². The summed E-state index contributed by atoms with van der Waals surface area (Å²) in [6.07, 6.45) is 1.83. The highest BCUT2D eigenvalue weighted by atomic mass is 15.1. The Kier molecular flexibility index (Phi) is 1.36. The van der Waals surface area contributed by atoms with Crippen molar-refractivity contribution in [2.75, 3.05) is 0 Å². The van der Waals surface area contributed by atoms with Crippen LogP contribution >= 0.6 is 0 Å². The summed E-state index contributed by atoms with van der Waals surface area (Å²) in [6, 6.07) is 6.20. The van der Waals surface area contributed by atoms with Crippen molar-refractivity contribution in [1.82, 2.24) is 10.2 Å². The fraction of sp³-hybridized carbons (Fsp3) is 0.125. The maximum Gasteiger partial charge on any atom is 0.0997 e. The molecule has 0 atom stereocenters. The summed E-state index contributed by atoms with van der Waals surface area (Å²) in [6.45, 7) is 0.834. The van der Waals surface area contributed by atoms with E-state index in [4.69, 9.17) is 0 Å². The van der Waals surface area contributed by atoms with Crippen molar-refractivity contribution in [3.63, 3.8) is 0 Å². The molecule has 1 aromatic heterocycles. The zero-order valence-corrected chi connectivity index (χ0v) is 6.17. The van der Waals surface area contributed by atoms with Gasteiger partial charge in [0.15, 0.2) is 0 Å². The van der Waals surface area contributed by atoms with Crippen LogP contribution in [0.5, 0.6) is 0 Å².